The number of benzene rings is 2. The highest BCUT2D eigenvalue weighted by Crippen LogP contribution is 2.21. The number of carbonyl (C=O) groups is 1. The van der Waals surface area contributed by atoms with E-state index in [9.17, 15) is 4.79 Å². The van der Waals surface area contributed by atoms with Gasteiger partial charge in [-0.25, -0.2) is 0 Å². The first kappa shape index (κ1) is 21.6. The van der Waals surface area contributed by atoms with Crippen molar-refractivity contribution in [2.24, 2.45) is 0 Å². The van der Waals surface area contributed by atoms with Crippen molar-refractivity contribution < 1.29 is 4.79 Å². The van der Waals surface area contributed by atoms with Crippen molar-refractivity contribution in [2.45, 2.75) is 37.6 Å². The average molecular weight is 436 g/mol. The highest BCUT2D eigenvalue weighted by Gasteiger charge is 2.20. The normalized spacial score (nSPS) is 14.1. The van der Waals surface area contributed by atoms with Gasteiger partial charge in [0.2, 0.25) is 5.91 Å². The fraction of sp³-hybridized carbons (Fsp3) is 0.375. The van der Waals surface area contributed by atoms with Crippen molar-refractivity contribution in [1.82, 2.24) is 24.6 Å². The summed E-state index contributed by atoms with van der Waals surface area (Å²) >= 11 is 1.47. The molecular formula is C24H29N5OS. The van der Waals surface area contributed by atoms with Gasteiger partial charge >= 0.3 is 0 Å². The zero-order chi connectivity index (χ0) is 21.5. The zero-order valence-electron chi connectivity index (χ0n) is 18.0. The quantitative estimate of drug-likeness (QED) is 0.480. The summed E-state index contributed by atoms with van der Waals surface area (Å²) in [6.07, 6.45) is 2.49. The van der Waals surface area contributed by atoms with Gasteiger partial charge in [0.1, 0.15) is 5.82 Å². The zero-order valence-corrected chi connectivity index (χ0v) is 18.8. The minimum Gasteiger partial charge on any atom is -0.341 e. The Labute approximate surface area is 188 Å². The summed E-state index contributed by atoms with van der Waals surface area (Å²) in [6, 6.07) is 20.4. The molecule has 1 aliphatic heterocycles. The number of thioether (sulfide) groups is 1. The summed E-state index contributed by atoms with van der Waals surface area (Å²) in [4.78, 5) is 16.9. The minimum atomic E-state index is 0.0872. The molecule has 0 bridgehead atoms. The summed E-state index contributed by atoms with van der Waals surface area (Å²) < 4.78 is 2.17. The van der Waals surface area contributed by atoms with Crippen molar-refractivity contribution in [2.75, 3.05) is 25.9 Å². The first-order valence-corrected chi connectivity index (χ1v) is 11.8. The van der Waals surface area contributed by atoms with E-state index < -0.39 is 0 Å². The monoisotopic (exact) mass is 435 g/mol. The lowest BCUT2D eigenvalue weighted by atomic mass is 10.2. The lowest BCUT2D eigenvalue weighted by molar-refractivity contribution is -0.127. The van der Waals surface area contributed by atoms with Gasteiger partial charge in [-0.3, -0.25) is 9.69 Å². The van der Waals surface area contributed by atoms with Crippen LogP contribution in [-0.4, -0.2) is 56.4 Å². The van der Waals surface area contributed by atoms with Gasteiger partial charge in [-0.05, 0) is 37.1 Å². The summed E-state index contributed by atoms with van der Waals surface area (Å²) in [7, 11) is 1.85. The van der Waals surface area contributed by atoms with Crippen molar-refractivity contribution in [3.8, 4) is 0 Å². The second-order valence-electron chi connectivity index (χ2n) is 7.98. The van der Waals surface area contributed by atoms with Gasteiger partial charge in [-0.15, -0.1) is 10.2 Å². The number of hydrogen-bond donors (Lipinski definition) is 0. The lowest BCUT2D eigenvalue weighted by Gasteiger charge is -2.18. The van der Waals surface area contributed by atoms with E-state index in [2.05, 4.69) is 43.9 Å². The highest BCUT2D eigenvalue weighted by atomic mass is 32.2. The van der Waals surface area contributed by atoms with E-state index in [0.29, 0.717) is 18.8 Å². The van der Waals surface area contributed by atoms with Gasteiger partial charge in [0, 0.05) is 13.6 Å². The smallest absolute Gasteiger partial charge is 0.233 e. The van der Waals surface area contributed by atoms with Crippen molar-refractivity contribution in [3.63, 3.8) is 0 Å². The van der Waals surface area contributed by atoms with Crippen LogP contribution in [0.4, 0.5) is 0 Å². The fourth-order valence-electron chi connectivity index (χ4n) is 3.79. The maximum Gasteiger partial charge on any atom is 0.233 e. The molecular weight excluding hydrogens is 406 g/mol. The molecule has 162 valence electrons. The second-order valence-corrected chi connectivity index (χ2v) is 8.92. The van der Waals surface area contributed by atoms with Crippen LogP contribution >= 0.6 is 11.8 Å². The maximum atomic E-state index is 12.7. The molecule has 0 saturated carbocycles. The summed E-state index contributed by atoms with van der Waals surface area (Å²) in [5, 5.41) is 9.75. The molecule has 0 unspecified atom stereocenters. The standard InChI is InChI=1S/C24H29N5OS/c1-27(16-20-10-4-2-5-11-20)23(30)19-31-24-26-25-22(18-28-14-8-9-15-28)29(24)17-21-12-6-3-7-13-21/h2-7,10-13H,8-9,14-19H2,1H3. The number of amides is 1. The van der Waals surface area contributed by atoms with E-state index in [-0.39, 0.29) is 5.91 Å². The van der Waals surface area contributed by atoms with Crippen LogP contribution in [0.2, 0.25) is 0 Å². The Morgan fingerprint density at radius 3 is 2.26 bits per heavy atom. The molecule has 1 fully saturated rings. The molecule has 2 heterocycles. The van der Waals surface area contributed by atoms with Crippen LogP contribution in [0.25, 0.3) is 0 Å². The van der Waals surface area contributed by atoms with Crippen LogP contribution < -0.4 is 0 Å². The Hall–Kier alpha value is -2.64. The number of likely N-dealkylation sites (tertiary alicyclic amines) is 1. The largest absolute Gasteiger partial charge is 0.341 e. The van der Waals surface area contributed by atoms with Crippen molar-refractivity contribution in [1.29, 1.82) is 0 Å². The molecule has 0 spiro atoms. The Morgan fingerprint density at radius 2 is 1.58 bits per heavy atom. The molecule has 0 aliphatic carbocycles. The van der Waals surface area contributed by atoms with E-state index in [1.807, 2.05) is 43.4 Å². The molecule has 4 rings (SSSR count). The molecule has 1 amide bonds. The van der Waals surface area contributed by atoms with E-state index in [0.717, 1.165) is 36.2 Å². The molecule has 1 aromatic heterocycles. The molecule has 0 radical (unpaired) electrons. The van der Waals surface area contributed by atoms with E-state index in [4.69, 9.17) is 0 Å². The van der Waals surface area contributed by atoms with Crippen LogP contribution in [0.3, 0.4) is 0 Å². The third-order valence-electron chi connectivity index (χ3n) is 5.55. The third-order valence-corrected chi connectivity index (χ3v) is 6.51. The van der Waals surface area contributed by atoms with E-state index in [1.165, 1.54) is 30.2 Å². The van der Waals surface area contributed by atoms with Gasteiger partial charge < -0.3 is 9.47 Å². The van der Waals surface area contributed by atoms with E-state index >= 15 is 0 Å². The van der Waals surface area contributed by atoms with Crippen LogP contribution in [-0.2, 0) is 24.4 Å². The molecule has 6 nitrogen and oxygen atoms in total. The van der Waals surface area contributed by atoms with Gasteiger partial charge in [0.15, 0.2) is 5.16 Å². The number of nitrogens with zero attached hydrogens (tertiary/aromatic N) is 5. The number of rotatable bonds is 9. The van der Waals surface area contributed by atoms with Crippen LogP contribution in [0.5, 0.6) is 0 Å². The predicted octanol–water partition coefficient (Wildman–Crippen LogP) is 3.67. The first-order chi connectivity index (χ1) is 15.2. The Kier molecular flexibility index (Phi) is 7.38. The SMILES string of the molecule is CN(Cc1ccccc1)C(=O)CSc1nnc(CN2CCCC2)n1Cc1ccccc1. The van der Waals surface area contributed by atoms with Crippen LogP contribution in [0, 0.1) is 0 Å². The average Bonchev–Trinajstić information content (AvgIpc) is 3.44. The van der Waals surface area contributed by atoms with Crippen LogP contribution in [0.15, 0.2) is 65.8 Å². The van der Waals surface area contributed by atoms with Gasteiger partial charge in [-0.1, -0.05) is 72.4 Å². The molecule has 7 heteroatoms. The summed E-state index contributed by atoms with van der Waals surface area (Å²) in [5.74, 6) is 1.41. The van der Waals surface area contributed by atoms with Crippen molar-refractivity contribution in [3.05, 3.63) is 77.6 Å². The Bertz CT molecular complexity index is 970. The van der Waals surface area contributed by atoms with Gasteiger partial charge in [-0.2, -0.15) is 0 Å². The van der Waals surface area contributed by atoms with Gasteiger partial charge in [0.25, 0.3) is 0 Å². The number of aromatic nitrogens is 3. The molecule has 2 aromatic carbocycles. The highest BCUT2D eigenvalue weighted by molar-refractivity contribution is 7.99. The third kappa shape index (κ3) is 5.95. The number of hydrogen-bond acceptors (Lipinski definition) is 5. The second kappa shape index (κ2) is 10.6. The molecule has 31 heavy (non-hydrogen) atoms. The number of carbonyl (C=O) groups excluding carboxylic acids is 1. The van der Waals surface area contributed by atoms with E-state index in [1.54, 1.807) is 4.90 Å². The molecule has 1 aliphatic rings. The molecule has 0 atom stereocenters. The molecule has 0 N–H and O–H groups in total. The van der Waals surface area contributed by atoms with Crippen molar-refractivity contribution >= 4 is 17.7 Å². The fourth-order valence-corrected chi connectivity index (χ4v) is 4.69. The summed E-state index contributed by atoms with van der Waals surface area (Å²) in [5.41, 5.74) is 2.34. The topological polar surface area (TPSA) is 54.3 Å². The lowest BCUT2D eigenvalue weighted by Crippen LogP contribution is -2.28. The Balaban J connectivity index is 1.43. The van der Waals surface area contributed by atoms with Crippen LogP contribution in [0.1, 0.15) is 29.8 Å². The molecule has 3 aromatic rings. The Morgan fingerprint density at radius 1 is 0.935 bits per heavy atom. The van der Waals surface area contributed by atoms with Gasteiger partial charge in [0.05, 0.1) is 18.8 Å². The summed E-state index contributed by atoms with van der Waals surface area (Å²) in [6.45, 7) is 4.36. The maximum absolute atomic E-state index is 12.7. The molecule has 1 saturated heterocycles. The minimum absolute atomic E-state index is 0.0872. The predicted molar refractivity (Wildman–Crippen MR) is 124 cm³/mol. The first-order valence-electron chi connectivity index (χ1n) is 10.8.